The van der Waals surface area contributed by atoms with Gasteiger partial charge in [0.1, 0.15) is 11.5 Å². The van der Waals surface area contributed by atoms with Crippen molar-refractivity contribution in [1.82, 2.24) is 9.55 Å². The Labute approximate surface area is 172 Å². The van der Waals surface area contributed by atoms with Crippen molar-refractivity contribution in [3.63, 3.8) is 0 Å². The van der Waals surface area contributed by atoms with Crippen molar-refractivity contribution in [2.24, 2.45) is 7.05 Å². The van der Waals surface area contributed by atoms with Gasteiger partial charge in [-0.3, -0.25) is 4.79 Å². The van der Waals surface area contributed by atoms with Crippen LogP contribution in [0.15, 0.2) is 60.0 Å². The first-order chi connectivity index (χ1) is 13.5. The molecule has 1 aromatic heterocycles. The molecule has 146 valence electrons. The van der Waals surface area contributed by atoms with Crippen LogP contribution in [0, 0.1) is 0 Å². The van der Waals surface area contributed by atoms with Gasteiger partial charge < -0.3 is 19.4 Å². The van der Waals surface area contributed by atoms with Gasteiger partial charge in [-0.2, -0.15) is 0 Å². The SMILES string of the molecule is CCOc1ccc(Oc2ccc(Cl)cc2NC(=O)CSc2nccn2C)cc1. The molecule has 3 rings (SSSR count). The van der Waals surface area contributed by atoms with Gasteiger partial charge in [0.25, 0.3) is 0 Å². The van der Waals surface area contributed by atoms with Gasteiger partial charge in [0.05, 0.1) is 18.0 Å². The van der Waals surface area contributed by atoms with E-state index in [1.165, 1.54) is 11.8 Å². The molecule has 28 heavy (non-hydrogen) atoms. The van der Waals surface area contributed by atoms with Crippen LogP contribution in [0.5, 0.6) is 17.2 Å². The lowest BCUT2D eigenvalue weighted by Gasteiger charge is -2.13. The van der Waals surface area contributed by atoms with E-state index in [9.17, 15) is 4.79 Å². The predicted molar refractivity (Wildman–Crippen MR) is 112 cm³/mol. The molecular formula is C20H20ClN3O3S. The largest absolute Gasteiger partial charge is 0.494 e. The van der Waals surface area contributed by atoms with E-state index in [1.54, 1.807) is 24.4 Å². The third-order valence-corrected chi connectivity index (χ3v) is 4.98. The highest BCUT2D eigenvalue weighted by molar-refractivity contribution is 7.99. The van der Waals surface area contributed by atoms with Crippen molar-refractivity contribution in [2.45, 2.75) is 12.1 Å². The molecule has 0 spiro atoms. The smallest absolute Gasteiger partial charge is 0.234 e. The molecule has 0 saturated carbocycles. The fourth-order valence-corrected chi connectivity index (χ4v) is 3.30. The number of thioether (sulfide) groups is 1. The summed E-state index contributed by atoms with van der Waals surface area (Å²) >= 11 is 7.45. The fraction of sp³-hybridized carbons (Fsp3) is 0.200. The summed E-state index contributed by atoms with van der Waals surface area (Å²) in [5.41, 5.74) is 0.506. The maximum atomic E-state index is 12.4. The highest BCUT2D eigenvalue weighted by Crippen LogP contribution is 2.33. The third kappa shape index (κ3) is 5.43. The van der Waals surface area contributed by atoms with Crippen LogP contribution >= 0.6 is 23.4 Å². The van der Waals surface area contributed by atoms with Crippen molar-refractivity contribution in [3.05, 3.63) is 59.9 Å². The minimum atomic E-state index is -0.174. The maximum absolute atomic E-state index is 12.4. The number of halogens is 1. The number of anilines is 1. The molecule has 6 nitrogen and oxygen atoms in total. The topological polar surface area (TPSA) is 65.4 Å². The normalized spacial score (nSPS) is 10.5. The number of benzene rings is 2. The Bertz CT molecular complexity index is 944. The number of nitrogens with zero attached hydrogens (tertiary/aromatic N) is 2. The molecule has 2 aromatic carbocycles. The third-order valence-electron chi connectivity index (χ3n) is 3.69. The van der Waals surface area contributed by atoms with Crippen LogP contribution in [0.4, 0.5) is 5.69 Å². The molecule has 1 amide bonds. The lowest BCUT2D eigenvalue weighted by atomic mass is 10.2. The zero-order valence-corrected chi connectivity index (χ0v) is 17.1. The van der Waals surface area contributed by atoms with Gasteiger partial charge in [0.2, 0.25) is 5.91 Å². The molecule has 0 bridgehead atoms. The van der Waals surface area contributed by atoms with E-state index in [-0.39, 0.29) is 11.7 Å². The number of aromatic nitrogens is 2. The van der Waals surface area contributed by atoms with E-state index in [0.29, 0.717) is 28.8 Å². The zero-order valence-electron chi connectivity index (χ0n) is 15.5. The molecule has 0 aliphatic heterocycles. The Morgan fingerprint density at radius 1 is 1.21 bits per heavy atom. The van der Waals surface area contributed by atoms with Gasteiger partial charge in [0.15, 0.2) is 10.9 Å². The number of hydrogen-bond donors (Lipinski definition) is 1. The summed E-state index contributed by atoms with van der Waals surface area (Å²) in [5.74, 6) is 1.95. The van der Waals surface area contributed by atoms with E-state index in [2.05, 4.69) is 10.3 Å². The van der Waals surface area contributed by atoms with Gasteiger partial charge in [0, 0.05) is 24.5 Å². The molecule has 3 aromatic rings. The van der Waals surface area contributed by atoms with E-state index in [0.717, 1.165) is 10.9 Å². The van der Waals surface area contributed by atoms with Crippen LogP contribution in [0.1, 0.15) is 6.92 Å². The number of aryl methyl sites for hydroxylation is 1. The summed E-state index contributed by atoms with van der Waals surface area (Å²) in [6.07, 6.45) is 3.53. The first-order valence-electron chi connectivity index (χ1n) is 8.65. The molecule has 0 fully saturated rings. The van der Waals surface area contributed by atoms with Gasteiger partial charge in [-0.25, -0.2) is 4.98 Å². The highest BCUT2D eigenvalue weighted by atomic mass is 35.5. The van der Waals surface area contributed by atoms with Crippen LogP contribution in [0.3, 0.4) is 0 Å². The van der Waals surface area contributed by atoms with E-state index in [4.69, 9.17) is 21.1 Å². The number of carbonyl (C=O) groups excluding carboxylic acids is 1. The summed E-state index contributed by atoms with van der Waals surface area (Å²) in [6, 6.07) is 12.4. The molecule has 0 aliphatic carbocycles. The Morgan fingerprint density at radius 3 is 2.64 bits per heavy atom. The number of carbonyl (C=O) groups is 1. The van der Waals surface area contributed by atoms with Crippen molar-refractivity contribution in [1.29, 1.82) is 0 Å². The Kier molecular flexibility index (Phi) is 6.84. The molecule has 0 radical (unpaired) electrons. The first kappa shape index (κ1) is 20.1. The van der Waals surface area contributed by atoms with Crippen molar-refractivity contribution >= 4 is 35.0 Å². The molecule has 1 N–H and O–H groups in total. The maximum Gasteiger partial charge on any atom is 0.234 e. The number of ether oxygens (including phenoxy) is 2. The minimum absolute atomic E-state index is 0.174. The van der Waals surface area contributed by atoms with Crippen LogP contribution in [-0.4, -0.2) is 27.8 Å². The molecular weight excluding hydrogens is 398 g/mol. The number of nitrogens with one attached hydrogen (secondary N) is 1. The second kappa shape index (κ2) is 9.52. The molecule has 0 unspecified atom stereocenters. The fourth-order valence-electron chi connectivity index (χ4n) is 2.39. The molecule has 0 atom stereocenters. The Hall–Kier alpha value is -2.64. The number of hydrogen-bond acceptors (Lipinski definition) is 5. The standard InChI is InChI=1S/C20H20ClN3O3S/c1-3-26-15-5-7-16(8-6-15)27-18-9-4-14(21)12-17(18)23-19(25)13-28-20-22-10-11-24(20)2/h4-12H,3,13H2,1-2H3,(H,23,25). The summed E-state index contributed by atoms with van der Waals surface area (Å²) in [6.45, 7) is 2.53. The summed E-state index contributed by atoms with van der Waals surface area (Å²) < 4.78 is 13.2. The average molecular weight is 418 g/mol. The van der Waals surface area contributed by atoms with E-state index < -0.39 is 0 Å². The second-order valence-corrected chi connectivity index (χ2v) is 7.18. The van der Waals surface area contributed by atoms with Gasteiger partial charge in [-0.1, -0.05) is 23.4 Å². The van der Waals surface area contributed by atoms with Crippen molar-refractivity contribution in [3.8, 4) is 17.2 Å². The lowest BCUT2D eigenvalue weighted by molar-refractivity contribution is -0.113. The van der Waals surface area contributed by atoms with Crippen LogP contribution in [0.2, 0.25) is 5.02 Å². The van der Waals surface area contributed by atoms with Gasteiger partial charge in [-0.15, -0.1) is 0 Å². The minimum Gasteiger partial charge on any atom is -0.494 e. The number of imidazole rings is 1. The first-order valence-corrected chi connectivity index (χ1v) is 10.0. The van der Waals surface area contributed by atoms with Gasteiger partial charge >= 0.3 is 0 Å². The lowest BCUT2D eigenvalue weighted by Crippen LogP contribution is -2.15. The van der Waals surface area contributed by atoms with Gasteiger partial charge in [-0.05, 0) is 49.4 Å². The average Bonchev–Trinajstić information content (AvgIpc) is 3.09. The second-order valence-electron chi connectivity index (χ2n) is 5.80. The summed E-state index contributed by atoms with van der Waals surface area (Å²) in [7, 11) is 1.88. The zero-order chi connectivity index (χ0) is 19.9. The summed E-state index contributed by atoms with van der Waals surface area (Å²) in [4.78, 5) is 16.6. The quantitative estimate of drug-likeness (QED) is 0.523. The van der Waals surface area contributed by atoms with Crippen LogP contribution in [0.25, 0.3) is 0 Å². The van der Waals surface area contributed by atoms with E-state index in [1.807, 2.05) is 49.0 Å². The predicted octanol–water partition coefficient (Wildman–Crippen LogP) is 5.00. The molecule has 1 heterocycles. The number of rotatable bonds is 8. The Balaban J connectivity index is 1.67. The molecule has 0 saturated heterocycles. The van der Waals surface area contributed by atoms with Crippen molar-refractivity contribution in [2.75, 3.05) is 17.7 Å². The number of amides is 1. The summed E-state index contributed by atoms with van der Waals surface area (Å²) in [5, 5.41) is 4.13. The van der Waals surface area contributed by atoms with Crippen LogP contribution in [-0.2, 0) is 11.8 Å². The Morgan fingerprint density at radius 2 is 1.96 bits per heavy atom. The van der Waals surface area contributed by atoms with Crippen LogP contribution < -0.4 is 14.8 Å². The molecule has 0 aliphatic rings. The molecule has 8 heteroatoms. The monoisotopic (exact) mass is 417 g/mol. The highest BCUT2D eigenvalue weighted by Gasteiger charge is 2.12. The van der Waals surface area contributed by atoms with Crippen molar-refractivity contribution < 1.29 is 14.3 Å². The van der Waals surface area contributed by atoms with E-state index >= 15 is 0 Å².